The van der Waals surface area contributed by atoms with E-state index in [0.717, 1.165) is 24.7 Å². The summed E-state index contributed by atoms with van der Waals surface area (Å²) in [6.07, 6.45) is 2.56. The summed E-state index contributed by atoms with van der Waals surface area (Å²) >= 11 is 0. The first-order valence-electron chi connectivity index (χ1n) is 14.5. The third-order valence-electron chi connectivity index (χ3n) is 5.98. The SMILES string of the molecule is C1CCOC1.CC(=Nc1c(C(C)C)cccc1C(C)C)N=[S@@](NC(C)(C)C)c1ccccc1.Cc1ccccc1.[I-].[Li+]. The van der Waals surface area contributed by atoms with Crippen LogP contribution in [-0.2, 0) is 15.6 Å². The number of para-hydroxylation sites is 1. The first kappa shape index (κ1) is 40.7. The van der Waals surface area contributed by atoms with Crippen LogP contribution in [0.5, 0.6) is 0 Å². The number of nitrogens with one attached hydrogen (secondary N) is 1. The molecule has 0 bridgehead atoms. The van der Waals surface area contributed by atoms with Crippen LogP contribution in [0.1, 0.15) is 96.8 Å². The van der Waals surface area contributed by atoms with E-state index in [2.05, 4.69) is 115 Å². The van der Waals surface area contributed by atoms with E-state index in [1.54, 1.807) is 0 Å². The monoisotopic (exact) mass is 695 g/mol. The number of rotatable bonds is 5. The summed E-state index contributed by atoms with van der Waals surface area (Å²) in [5.74, 6) is 1.65. The molecule has 1 aliphatic heterocycles. The predicted octanol–water partition coefficient (Wildman–Crippen LogP) is 3.95. The molecule has 1 fully saturated rings. The van der Waals surface area contributed by atoms with Crippen LogP contribution < -0.4 is 47.6 Å². The second-order valence-corrected chi connectivity index (χ2v) is 13.2. The molecule has 3 aromatic carbocycles. The summed E-state index contributed by atoms with van der Waals surface area (Å²) in [5.41, 5.74) is 4.93. The van der Waals surface area contributed by atoms with Crippen LogP contribution in [0.2, 0.25) is 0 Å². The summed E-state index contributed by atoms with van der Waals surface area (Å²) in [5, 5.41) is 0. The van der Waals surface area contributed by atoms with Crippen molar-refractivity contribution in [2.24, 2.45) is 9.36 Å². The Labute approximate surface area is 288 Å². The van der Waals surface area contributed by atoms with Crippen molar-refractivity contribution < 1.29 is 47.6 Å². The molecular weight excluding hydrogens is 644 g/mol. The fraction of sp³-hybridized carbons (Fsp3) is 0.457. The Morgan fingerprint density at radius 1 is 0.786 bits per heavy atom. The molecule has 226 valence electrons. The minimum atomic E-state index is -0.451. The molecule has 1 aliphatic rings. The van der Waals surface area contributed by atoms with Crippen LogP contribution >= 0.6 is 0 Å². The second kappa shape index (κ2) is 21.4. The average Bonchev–Trinajstić information content (AvgIpc) is 3.49. The number of aryl methyl sites for hydroxylation is 1. The topological polar surface area (TPSA) is 46.0 Å². The van der Waals surface area contributed by atoms with Gasteiger partial charge in [0.15, 0.2) is 0 Å². The van der Waals surface area contributed by atoms with Crippen molar-refractivity contribution >= 4 is 22.4 Å². The molecule has 3 aromatic rings. The fourth-order valence-corrected chi connectivity index (χ4v) is 5.54. The molecule has 1 N–H and O–H groups in total. The summed E-state index contributed by atoms with van der Waals surface area (Å²) in [7, 11) is -0.451. The number of hydrogen-bond acceptors (Lipinski definition) is 2. The summed E-state index contributed by atoms with van der Waals surface area (Å²) in [4.78, 5) is 6.19. The second-order valence-electron chi connectivity index (χ2n) is 11.8. The molecule has 0 aliphatic carbocycles. The minimum absolute atomic E-state index is 0. The Morgan fingerprint density at radius 3 is 1.62 bits per heavy atom. The van der Waals surface area contributed by atoms with E-state index in [1.165, 1.54) is 34.4 Å². The fourth-order valence-electron chi connectivity index (χ4n) is 3.97. The maximum Gasteiger partial charge on any atom is 1.00 e. The number of aliphatic imine (C=N–C) groups is 1. The van der Waals surface area contributed by atoms with Crippen LogP contribution in [-0.4, -0.2) is 24.6 Å². The number of ether oxygens (including phenoxy) is 1. The largest absolute Gasteiger partial charge is 1.00 e. The molecule has 0 amide bonds. The summed E-state index contributed by atoms with van der Waals surface area (Å²) < 4.78 is 13.6. The third-order valence-corrected chi connectivity index (χ3v) is 7.95. The quantitative estimate of drug-likeness (QED) is 0.191. The molecule has 0 unspecified atom stereocenters. The van der Waals surface area contributed by atoms with E-state index in [-0.39, 0.29) is 48.4 Å². The van der Waals surface area contributed by atoms with Gasteiger partial charge in [0.2, 0.25) is 0 Å². The molecule has 1 saturated heterocycles. The van der Waals surface area contributed by atoms with Gasteiger partial charge in [0.25, 0.3) is 0 Å². The number of benzene rings is 3. The molecule has 0 saturated carbocycles. The zero-order valence-electron chi connectivity index (χ0n) is 27.6. The Morgan fingerprint density at radius 2 is 1.26 bits per heavy atom. The van der Waals surface area contributed by atoms with Gasteiger partial charge in [-0.15, -0.1) is 0 Å². The van der Waals surface area contributed by atoms with Gasteiger partial charge in [-0.1, -0.05) is 100.0 Å². The molecule has 0 spiro atoms. The Bertz CT molecular complexity index is 1170. The van der Waals surface area contributed by atoms with Crippen molar-refractivity contribution in [1.82, 2.24) is 4.72 Å². The Hall–Kier alpha value is -1.27. The maximum atomic E-state index is 5.01. The first-order valence-corrected chi connectivity index (χ1v) is 15.7. The van der Waals surface area contributed by atoms with Crippen LogP contribution in [0.4, 0.5) is 5.69 Å². The van der Waals surface area contributed by atoms with Crippen molar-refractivity contribution in [2.45, 2.75) is 97.4 Å². The number of halogens is 1. The van der Waals surface area contributed by atoms with Gasteiger partial charge in [-0.3, -0.25) is 0 Å². The predicted molar refractivity (Wildman–Crippen MR) is 176 cm³/mol. The first-order chi connectivity index (χ1) is 19.0. The van der Waals surface area contributed by atoms with Crippen LogP contribution in [0.15, 0.2) is 93.1 Å². The zero-order chi connectivity index (χ0) is 29.5. The average molecular weight is 696 g/mol. The smallest absolute Gasteiger partial charge is 1.00 e. The molecule has 4 rings (SSSR count). The van der Waals surface area contributed by atoms with Crippen molar-refractivity contribution in [1.29, 1.82) is 0 Å². The van der Waals surface area contributed by atoms with Crippen molar-refractivity contribution in [3.05, 3.63) is 95.6 Å². The minimum Gasteiger partial charge on any atom is -1.00 e. The third kappa shape index (κ3) is 16.0. The molecule has 42 heavy (non-hydrogen) atoms. The van der Waals surface area contributed by atoms with Gasteiger partial charge in [-0.2, -0.15) is 4.36 Å². The van der Waals surface area contributed by atoms with Gasteiger partial charge < -0.3 is 28.7 Å². The Kier molecular flexibility index (Phi) is 20.8. The molecule has 4 nitrogen and oxygen atoms in total. The molecule has 1 heterocycles. The van der Waals surface area contributed by atoms with Gasteiger partial charge in [0.05, 0.1) is 5.69 Å². The van der Waals surface area contributed by atoms with E-state index in [0.29, 0.717) is 11.8 Å². The maximum absolute atomic E-state index is 5.01. The number of nitrogens with zero attached hydrogens (tertiary/aromatic N) is 2. The number of hydrogen-bond donors (Lipinski definition) is 1. The van der Waals surface area contributed by atoms with Crippen LogP contribution in [0.3, 0.4) is 0 Å². The Balaban J connectivity index is 0.000000987. The van der Waals surface area contributed by atoms with Gasteiger partial charge in [0, 0.05) is 34.5 Å². The van der Waals surface area contributed by atoms with Crippen molar-refractivity contribution in [3.8, 4) is 0 Å². The van der Waals surface area contributed by atoms with Crippen molar-refractivity contribution in [2.75, 3.05) is 13.2 Å². The van der Waals surface area contributed by atoms with Crippen LogP contribution in [0, 0.1) is 6.92 Å². The molecule has 0 radical (unpaired) electrons. The summed E-state index contributed by atoms with van der Waals surface area (Å²) in [6.45, 7) is 21.5. The van der Waals surface area contributed by atoms with Gasteiger partial charge >= 0.3 is 18.9 Å². The van der Waals surface area contributed by atoms with Crippen LogP contribution in [0.25, 0.3) is 0 Å². The van der Waals surface area contributed by atoms with E-state index >= 15 is 0 Å². The molecule has 0 aromatic heterocycles. The molecule has 1 atom stereocenters. The zero-order valence-corrected chi connectivity index (χ0v) is 30.6. The van der Waals surface area contributed by atoms with Crippen molar-refractivity contribution in [3.63, 3.8) is 0 Å². The van der Waals surface area contributed by atoms with E-state index in [1.807, 2.05) is 31.2 Å². The van der Waals surface area contributed by atoms with E-state index in [4.69, 9.17) is 14.1 Å². The molecular formula is C35H51ILiN3OS. The molecule has 7 heteroatoms. The normalized spacial score (nSPS) is 13.7. The van der Waals surface area contributed by atoms with E-state index in [9.17, 15) is 0 Å². The van der Waals surface area contributed by atoms with Gasteiger partial charge in [0.1, 0.15) is 5.84 Å². The summed E-state index contributed by atoms with van der Waals surface area (Å²) in [6, 6.07) is 27.2. The standard InChI is InChI=1S/C24H35N3S.C7H8.C4H8O.HI.Li/c1-17(2)21-15-12-16-22(18(3)4)23(21)25-19(5)26-28(27-24(6,7)8)20-13-10-9-11-14-20;1-7-5-3-2-4-6-7;1-2-4-5-3-1;;/h9-18H,1-8H3,(H,25,26,27);2-6H,1H3;1-4H2;1H;/q;;;;+1/p-1/t28-;;;;/m0..../s1. The van der Waals surface area contributed by atoms with Gasteiger partial charge in [-0.05, 0) is 82.6 Å². The van der Waals surface area contributed by atoms with E-state index < -0.39 is 10.9 Å². The number of amidine groups is 1. The van der Waals surface area contributed by atoms with Gasteiger partial charge in [-0.25, -0.2) is 9.71 Å².